The molecule has 0 saturated carbocycles. The van der Waals surface area contributed by atoms with E-state index in [1.165, 1.54) is 4.68 Å². The summed E-state index contributed by atoms with van der Waals surface area (Å²) in [5.41, 5.74) is -1.07. The summed E-state index contributed by atoms with van der Waals surface area (Å²) in [5, 5.41) is 20.8. The number of carboxylic acids is 1. The Kier molecular flexibility index (Phi) is 4.20. The summed E-state index contributed by atoms with van der Waals surface area (Å²) in [6.45, 7) is 7.58. The standard InChI is InChI=1S/C11H20N4O2/c1-5-8(6-2)9-12-13-14-15(9)11(4,7-3)10(16)17/h8H,5-7H2,1-4H3,(H,16,17). The Morgan fingerprint density at radius 3 is 2.41 bits per heavy atom. The maximum Gasteiger partial charge on any atom is 0.331 e. The summed E-state index contributed by atoms with van der Waals surface area (Å²) < 4.78 is 1.47. The molecule has 1 atom stereocenters. The van der Waals surface area contributed by atoms with Gasteiger partial charge in [0.15, 0.2) is 11.4 Å². The monoisotopic (exact) mass is 240 g/mol. The average molecular weight is 240 g/mol. The van der Waals surface area contributed by atoms with Gasteiger partial charge in [-0.25, -0.2) is 9.48 Å². The molecule has 0 aliphatic heterocycles. The number of hydrogen-bond donors (Lipinski definition) is 1. The van der Waals surface area contributed by atoms with Crippen LogP contribution in [0.15, 0.2) is 0 Å². The van der Waals surface area contributed by atoms with E-state index in [0.717, 1.165) is 12.8 Å². The highest BCUT2D eigenvalue weighted by Gasteiger charge is 2.37. The number of nitrogens with zero attached hydrogens (tertiary/aromatic N) is 4. The lowest BCUT2D eigenvalue weighted by molar-refractivity contribution is -0.147. The minimum Gasteiger partial charge on any atom is -0.479 e. The van der Waals surface area contributed by atoms with E-state index in [1.54, 1.807) is 6.92 Å². The molecule has 0 amide bonds. The number of hydrogen-bond acceptors (Lipinski definition) is 4. The molecule has 1 unspecified atom stereocenters. The van der Waals surface area contributed by atoms with Crippen LogP contribution in [0.3, 0.4) is 0 Å². The average Bonchev–Trinajstić information content (AvgIpc) is 2.79. The minimum absolute atomic E-state index is 0.204. The van der Waals surface area contributed by atoms with Crippen LogP contribution in [0.4, 0.5) is 0 Å². The van der Waals surface area contributed by atoms with Gasteiger partial charge in [-0.2, -0.15) is 0 Å². The predicted molar refractivity (Wildman–Crippen MR) is 62.7 cm³/mol. The molecule has 96 valence electrons. The second-order valence-corrected chi connectivity index (χ2v) is 4.39. The zero-order valence-electron chi connectivity index (χ0n) is 10.8. The second kappa shape index (κ2) is 5.25. The van der Waals surface area contributed by atoms with Gasteiger partial charge in [-0.3, -0.25) is 0 Å². The molecule has 1 heterocycles. The van der Waals surface area contributed by atoms with Crippen LogP contribution in [0.5, 0.6) is 0 Å². The SMILES string of the molecule is CCC(CC)c1nnnn1C(C)(CC)C(=O)O. The summed E-state index contributed by atoms with van der Waals surface area (Å²) in [4.78, 5) is 11.4. The molecule has 0 saturated heterocycles. The van der Waals surface area contributed by atoms with Crippen molar-refractivity contribution in [1.29, 1.82) is 0 Å². The zero-order valence-corrected chi connectivity index (χ0v) is 10.8. The van der Waals surface area contributed by atoms with E-state index < -0.39 is 11.5 Å². The van der Waals surface area contributed by atoms with Gasteiger partial charge in [-0.1, -0.05) is 20.8 Å². The van der Waals surface area contributed by atoms with Crippen molar-refractivity contribution in [2.45, 2.75) is 58.4 Å². The van der Waals surface area contributed by atoms with E-state index in [1.807, 2.05) is 6.92 Å². The van der Waals surface area contributed by atoms with Gasteiger partial charge in [-0.05, 0) is 36.6 Å². The van der Waals surface area contributed by atoms with Crippen molar-refractivity contribution in [3.63, 3.8) is 0 Å². The molecule has 0 aliphatic carbocycles. The van der Waals surface area contributed by atoms with Crippen LogP contribution in [-0.2, 0) is 10.3 Å². The van der Waals surface area contributed by atoms with E-state index >= 15 is 0 Å². The lowest BCUT2D eigenvalue weighted by atomic mass is 9.96. The van der Waals surface area contributed by atoms with Crippen molar-refractivity contribution in [2.75, 3.05) is 0 Å². The lowest BCUT2D eigenvalue weighted by Crippen LogP contribution is -2.40. The first-order valence-corrected chi connectivity index (χ1v) is 6.03. The number of tetrazole rings is 1. The number of aromatic nitrogens is 4. The van der Waals surface area contributed by atoms with Crippen LogP contribution >= 0.6 is 0 Å². The first kappa shape index (κ1) is 13.6. The van der Waals surface area contributed by atoms with Crippen molar-refractivity contribution in [3.05, 3.63) is 5.82 Å². The number of carboxylic acid groups (broad SMARTS) is 1. The number of rotatable bonds is 6. The molecule has 1 aromatic rings. The fourth-order valence-electron chi connectivity index (χ4n) is 1.85. The van der Waals surface area contributed by atoms with Crippen molar-refractivity contribution < 1.29 is 9.90 Å². The molecule has 0 aliphatic rings. The Labute approximate surface area is 101 Å². The van der Waals surface area contributed by atoms with Gasteiger partial charge >= 0.3 is 5.97 Å². The largest absolute Gasteiger partial charge is 0.479 e. The summed E-state index contributed by atoms with van der Waals surface area (Å²) in [6, 6.07) is 0. The van der Waals surface area contributed by atoms with Crippen LogP contribution in [-0.4, -0.2) is 31.3 Å². The third-order valence-corrected chi connectivity index (χ3v) is 3.46. The highest BCUT2D eigenvalue weighted by molar-refractivity contribution is 5.76. The maximum absolute atomic E-state index is 11.4. The van der Waals surface area contributed by atoms with E-state index in [9.17, 15) is 9.90 Å². The van der Waals surface area contributed by atoms with Crippen molar-refractivity contribution in [1.82, 2.24) is 20.2 Å². The van der Waals surface area contributed by atoms with Gasteiger partial charge in [0.2, 0.25) is 0 Å². The lowest BCUT2D eigenvalue weighted by Gasteiger charge is -2.25. The molecule has 6 nitrogen and oxygen atoms in total. The van der Waals surface area contributed by atoms with Crippen LogP contribution in [0.1, 0.15) is 58.7 Å². The van der Waals surface area contributed by atoms with E-state index in [4.69, 9.17) is 0 Å². The molecule has 0 fully saturated rings. The van der Waals surface area contributed by atoms with Gasteiger partial charge in [0.25, 0.3) is 0 Å². The summed E-state index contributed by atoms with van der Waals surface area (Å²) in [5.74, 6) is -0.0310. The molecule has 1 aromatic heterocycles. The first-order chi connectivity index (χ1) is 8.01. The van der Waals surface area contributed by atoms with Crippen molar-refractivity contribution in [2.24, 2.45) is 0 Å². The fourth-order valence-corrected chi connectivity index (χ4v) is 1.85. The second-order valence-electron chi connectivity index (χ2n) is 4.39. The maximum atomic E-state index is 11.4. The molecule has 6 heteroatoms. The third-order valence-electron chi connectivity index (χ3n) is 3.46. The number of aliphatic carboxylic acids is 1. The normalized spacial score (nSPS) is 14.9. The van der Waals surface area contributed by atoms with Crippen LogP contribution in [0.2, 0.25) is 0 Å². The summed E-state index contributed by atoms with van der Waals surface area (Å²) in [6.07, 6.45) is 2.24. The molecule has 1 rings (SSSR count). The predicted octanol–water partition coefficient (Wildman–Crippen LogP) is 1.79. The van der Waals surface area contributed by atoms with Gasteiger partial charge in [0.05, 0.1) is 0 Å². The van der Waals surface area contributed by atoms with Crippen molar-refractivity contribution in [3.8, 4) is 0 Å². The highest BCUT2D eigenvalue weighted by Crippen LogP contribution is 2.27. The van der Waals surface area contributed by atoms with E-state index in [-0.39, 0.29) is 5.92 Å². The Bertz CT molecular complexity index is 387. The molecule has 17 heavy (non-hydrogen) atoms. The van der Waals surface area contributed by atoms with Crippen LogP contribution in [0.25, 0.3) is 0 Å². The molecule has 0 aromatic carbocycles. The molecule has 0 radical (unpaired) electrons. The highest BCUT2D eigenvalue weighted by atomic mass is 16.4. The van der Waals surface area contributed by atoms with Gasteiger partial charge in [0, 0.05) is 5.92 Å². The third kappa shape index (κ3) is 2.30. The molecular formula is C11H20N4O2. The number of carbonyl (C=O) groups is 1. The van der Waals surface area contributed by atoms with Gasteiger partial charge in [0.1, 0.15) is 0 Å². The first-order valence-electron chi connectivity index (χ1n) is 6.03. The fraction of sp³-hybridized carbons (Fsp3) is 0.818. The smallest absolute Gasteiger partial charge is 0.331 e. The van der Waals surface area contributed by atoms with Crippen LogP contribution < -0.4 is 0 Å². The Morgan fingerprint density at radius 1 is 1.41 bits per heavy atom. The minimum atomic E-state index is -1.07. The summed E-state index contributed by atoms with van der Waals surface area (Å²) >= 11 is 0. The Morgan fingerprint density at radius 2 is 2.00 bits per heavy atom. The van der Waals surface area contributed by atoms with Gasteiger partial charge < -0.3 is 5.11 Å². The Balaban J connectivity index is 3.23. The topological polar surface area (TPSA) is 80.9 Å². The molecule has 1 N–H and O–H groups in total. The van der Waals surface area contributed by atoms with Crippen molar-refractivity contribution >= 4 is 5.97 Å². The quantitative estimate of drug-likeness (QED) is 0.819. The zero-order chi connectivity index (χ0) is 13.1. The Hall–Kier alpha value is -1.46. The van der Waals surface area contributed by atoms with E-state index in [0.29, 0.717) is 12.2 Å². The molecular weight excluding hydrogens is 220 g/mol. The van der Waals surface area contributed by atoms with Gasteiger partial charge in [-0.15, -0.1) is 5.10 Å². The molecule has 0 spiro atoms. The summed E-state index contributed by atoms with van der Waals surface area (Å²) in [7, 11) is 0. The molecule has 0 bridgehead atoms. The van der Waals surface area contributed by atoms with Crippen LogP contribution in [0, 0.1) is 0 Å². The van der Waals surface area contributed by atoms with E-state index in [2.05, 4.69) is 29.4 Å².